The maximum Gasteiger partial charge on any atom is 0.237 e. The second kappa shape index (κ2) is 5.61. The van der Waals surface area contributed by atoms with Crippen LogP contribution in [0.2, 0.25) is 0 Å². The minimum Gasteiger partial charge on any atom is -0.326 e. The maximum absolute atomic E-state index is 12.2. The Kier molecular flexibility index (Phi) is 3.96. The molecule has 3 aliphatic carbocycles. The molecular weight excluding hydrogens is 262 g/mol. The Balaban J connectivity index is 1.44. The van der Waals surface area contributed by atoms with Gasteiger partial charge in [-0.3, -0.25) is 4.79 Å². The molecule has 21 heavy (non-hydrogen) atoms. The van der Waals surface area contributed by atoms with Crippen LogP contribution in [0.1, 0.15) is 46.0 Å². The molecule has 4 aliphatic rings. The molecule has 0 aromatic carbocycles. The Morgan fingerprint density at radius 2 is 2.19 bits per heavy atom. The lowest BCUT2D eigenvalue weighted by molar-refractivity contribution is -0.130. The minimum absolute atomic E-state index is 0.0978. The van der Waals surface area contributed by atoms with Crippen molar-refractivity contribution in [1.82, 2.24) is 10.2 Å². The number of nitrogens with zero attached hydrogens (tertiary/aromatic N) is 2. The summed E-state index contributed by atoms with van der Waals surface area (Å²) in [5, 5.41) is 12.4. The molecule has 0 unspecified atom stereocenters. The van der Waals surface area contributed by atoms with Crippen molar-refractivity contribution < 1.29 is 4.79 Å². The highest BCUT2D eigenvalue weighted by Gasteiger charge is 2.53. The number of hydrogen-bond acceptors (Lipinski definition) is 3. The molecular formula is C17H27N3O. The van der Waals surface area contributed by atoms with Crippen molar-refractivity contribution in [3.63, 3.8) is 0 Å². The summed E-state index contributed by atoms with van der Waals surface area (Å²) < 4.78 is 0. The third kappa shape index (κ3) is 2.57. The fraction of sp³-hybridized carbons (Fsp3) is 0.882. The molecule has 0 radical (unpaired) electrons. The van der Waals surface area contributed by atoms with Crippen molar-refractivity contribution in [2.75, 3.05) is 19.6 Å². The highest BCUT2D eigenvalue weighted by molar-refractivity contribution is 5.79. The Morgan fingerprint density at radius 3 is 2.86 bits per heavy atom. The van der Waals surface area contributed by atoms with Crippen LogP contribution in [0.15, 0.2) is 0 Å². The predicted octanol–water partition coefficient (Wildman–Crippen LogP) is 2.16. The largest absolute Gasteiger partial charge is 0.326 e. The summed E-state index contributed by atoms with van der Waals surface area (Å²) in [5.74, 6) is 2.59. The van der Waals surface area contributed by atoms with Gasteiger partial charge >= 0.3 is 0 Å². The van der Waals surface area contributed by atoms with Crippen LogP contribution in [0.4, 0.5) is 0 Å². The van der Waals surface area contributed by atoms with Crippen LogP contribution in [0.25, 0.3) is 0 Å². The van der Waals surface area contributed by atoms with Gasteiger partial charge in [0.2, 0.25) is 5.91 Å². The number of hydrogen-bond donors (Lipinski definition) is 1. The molecule has 116 valence electrons. The van der Waals surface area contributed by atoms with Crippen LogP contribution in [0.3, 0.4) is 0 Å². The van der Waals surface area contributed by atoms with Crippen molar-refractivity contribution >= 4 is 5.91 Å². The molecule has 4 fully saturated rings. The smallest absolute Gasteiger partial charge is 0.237 e. The lowest BCUT2D eigenvalue weighted by Crippen LogP contribution is -2.54. The summed E-state index contributed by atoms with van der Waals surface area (Å²) in [6.45, 7) is 6.91. The van der Waals surface area contributed by atoms with Gasteiger partial charge in [-0.25, -0.2) is 0 Å². The first-order valence-corrected chi connectivity index (χ1v) is 8.44. The van der Waals surface area contributed by atoms with E-state index in [0.717, 1.165) is 43.7 Å². The van der Waals surface area contributed by atoms with E-state index in [9.17, 15) is 4.79 Å². The fourth-order valence-corrected chi connectivity index (χ4v) is 4.87. The van der Waals surface area contributed by atoms with Crippen LogP contribution in [-0.2, 0) is 4.79 Å². The van der Waals surface area contributed by atoms with Gasteiger partial charge in [-0.15, -0.1) is 0 Å². The van der Waals surface area contributed by atoms with Gasteiger partial charge < -0.3 is 10.2 Å². The highest BCUT2D eigenvalue weighted by atomic mass is 16.2. The van der Waals surface area contributed by atoms with Crippen molar-refractivity contribution in [3.05, 3.63) is 0 Å². The molecule has 1 N–H and O–H groups in total. The SMILES string of the molecule is CC1(C)[C@H]2CC[C@@H](CNCC(=O)N3CCC[C@H]3C#N)[C@@H]1C2. The maximum atomic E-state index is 12.2. The van der Waals surface area contributed by atoms with E-state index >= 15 is 0 Å². The number of carbonyl (C=O) groups is 1. The van der Waals surface area contributed by atoms with E-state index in [2.05, 4.69) is 25.2 Å². The van der Waals surface area contributed by atoms with E-state index in [1.807, 2.05) is 0 Å². The van der Waals surface area contributed by atoms with Crippen LogP contribution in [-0.4, -0.2) is 36.5 Å². The number of nitrogens with one attached hydrogen (secondary N) is 1. The fourth-order valence-electron chi connectivity index (χ4n) is 4.87. The Labute approximate surface area is 127 Å². The molecule has 0 aromatic rings. The molecule has 3 saturated carbocycles. The summed E-state index contributed by atoms with van der Waals surface area (Å²) in [6.07, 6.45) is 5.85. The van der Waals surface area contributed by atoms with Gasteiger partial charge in [0.25, 0.3) is 0 Å². The van der Waals surface area contributed by atoms with E-state index < -0.39 is 0 Å². The van der Waals surface area contributed by atoms with Gasteiger partial charge in [0.05, 0.1) is 12.6 Å². The molecule has 4 atom stereocenters. The zero-order valence-corrected chi connectivity index (χ0v) is 13.3. The molecule has 4 nitrogen and oxygen atoms in total. The lowest BCUT2D eigenvalue weighted by atomic mass is 9.45. The topological polar surface area (TPSA) is 56.1 Å². The van der Waals surface area contributed by atoms with Crippen molar-refractivity contribution in [3.8, 4) is 6.07 Å². The second-order valence-corrected chi connectivity index (χ2v) is 7.70. The summed E-state index contributed by atoms with van der Waals surface area (Å²) in [5.41, 5.74) is 0.509. The van der Waals surface area contributed by atoms with E-state index in [4.69, 9.17) is 5.26 Å². The summed E-state index contributed by atoms with van der Waals surface area (Å²) in [7, 11) is 0. The first-order chi connectivity index (χ1) is 10.0. The third-order valence-corrected chi connectivity index (χ3v) is 6.41. The number of amides is 1. The average molecular weight is 289 g/mol. The van der Waals surface area contributed by atoms with Gasteiger partial charge in [0.15, 0.2) is 0 Å². The molecule has 2 bridgehead atoms. The standard InChI is InChI=1S/C17H27N3O/c1-17(2)13-6-5-12(15(17)8-13)10-19-11-16(21)20-7-3-4-14(20)9-18/h12-15,19H,3-8,10-11H2,1-2H3/t12-,13-,14-,15-/m0/s1. The van der Waals surface area contributed by atoms with Gasteiger partial charge in [0, 0.05) is 6.54 Å². The van der Waals surface area contributed by atoms with Crippen LogP contribution in [0.5, 0.6) is 0 Å². The van der Waals surface area contributed by atoms with Crippen LogP contribution >= 0.6 is 0 Å². The average Bonchev–Trinajstić information content (AvgIpc) is 2.95. The number of likely N-dealkylation sites (tertiary alicyclic amines) is 1. The quantitative estimate of drug-likeness (QED) is 0.863. The Bertz CT molecular complexity index is 451. The monoisotopic (exact) mass is 289 g/mol. The summed E-state index contributed by atoms with van der Waals surface area (Å²) in [4.78, 5) is 13.9. The van der Waals surface area contributed by atoms with Gasteiger partial charge in [-0.1, -0.05) is 13.8 Å². The first-order valence-electron chi connectivity index (χ1n) is 8.44. The molecule has 0 spiro atoms. The normalized spacial score (nSPS) is 36.9. The summed E-state index contributed by atoms with van der Waals surface area (Å²) >= 11 is 0. The van der Waals surface area contributed by atoms with E-state index in [1.54, 1.807) is 4.90 Å². The number of nitriles is 1. The molecule has 1 amide bonds. The third-order valence-electron chi connectivity index (χ3n) is 6.41. The van der Waals surface area contributed by atoms with Crippen molar-refractivity contribution in [2.24, 2.45) is 23.2 Å². The summed E-state index contributed by atoms with van der Waals surface area (Å²) in [6, 6.07) is 2.04. The van der Waals surface area contributed by atoms with Gasteiger partial charge in [-0.2, -0.15) is 5.26 Å². The lowest BCUT2D eigenvalue weighted by Gasteiger charge is -2.60. The molecule has 1 heterocycles. The number of fused-ring (bicyclic) bond motifs is 2. The van der Waals surface area contributed by atoms with Gasteiger partial charge in [-0.05, 0) is 61.8 Å². The second-order valence-electron chi connectivity index (χ2n) is 7.70. The van der Waals surface area contributed by atoms with Crippen molar-refractivity contribution in [1.29, 1.82) is 5.26 Å². The van der Waals surface area contributed by atoms with Crippen LogP contribution < -0.4 is 5.32 Å². The Hall–Kier alpha value is -1.08. The van der Waals surface area contributed by atoms with E-state index in [1.165, 1.54) is 19.3 Å². The van der Waals surface area contributed by atoms with Crippen molar-refractivity contribution in [2.45, 2.75) is 52.0 Å². The Morgan fingerprint density at radius 1 is 1.38 bits per heavy atom. The minimum atomic E-state index is -0.194. The zero-order chi connectivity index (χ0) is 15.0. The number of carbonyl (C=O) groups excluding carboxylic acids is 1. The zero-order valence-electron chi connectivity index (χ0n) is 13.3. The molecule has 4 rings (SSSR count). The van der Waals surface area contributed by atoms with E-state index in [-0.39, 0.29) is 11.9 Å². The molecule has 1 aliphatic heterocycles. The number of rotatable bonds is 4. The van der Waals surface area contributed by atoms with E-state index in [0.29, 0.717) is 12.0 Å². The highest BCUT2D eigenvalue weighted by Crippen LogP contribution is 2.61. The predicted molar refractivity (Wildman–Crippen MR) is 81.3 cm³/mol. The van der Waals surface area contributed by atoms with Gasteiger partial charge in [0.1, 0.15) is 6.04 Å². The molecule has 4 heteroatoms. The van der Waals surface area contributed by atoms with Crippen LogP contribution in [0, 0.1) is 34.5 Å². The first kappa shape index (κ1) is 14.8. The molecule has 0 aromatic heterocycles. The molecule has 1 saturated heterocycles.